The molecule has 2 aromatic heterocycles. The first-order chi connectivity index (χ1) is 26.9. The van der Waals surface area contributed by atoms with E-state index in [1.165, 1.54) is 4.90 Å². The molecule has 57 heavy (non-hydrogen) atoms. The van der Waals surface area contributed by atoms with Crippen molar-refractivity contribution in [2.24, 2.45) is 0 Å². The number of aromatic nitrogens is 1. The van der Waals surface area contributed by atoms with Gasteiger partial charge in [0.05, 0.1) is 29.5 Å². The summed E-state index contributed by atoms with van der Waals surface area (Å²) in [5.74, 6) is -1.65. The summed E-state index contributed by atoms with van der Waals surface area (Å²) in [6, 6.07) is 10.6. The van der Waals surface area contributed by atoms with Gasteiger partial charge in [-0.15, -0.1) is 11.3 Å². The van der Waals surface area contributed by atoms with Gasteiger partial charge in [-0.05, 0) is 50.3 Å². The van der Waals surface area contributed by atoms with E-state index in [0.29, 0.717) is 41.9 Å². The highest BCUT2D eigenvalue weighted by Gasteiger charge is 2.57. The van der Waals surface area contributed by atoms with Gasteiger partial charge in [0, 0.05) is 67.5 Å². The van der Waals surface area contributed by atoms with Gasteiger partial charge in [0.15, 0.2) is 0 Å². The fraction of sp³-hybridized carbons (Fsp3) is 0.538. The van der Waals surface area contributed by atoms with E-state index >= 15 is 4.79 Å². The highest BCUT2D eigenvalue weighted by Crippen LogP contribution is 2.46. The highest BCUT2D eigenvalue weighted by molar-refractivity contribution is 7.10. The molecule has 1 aromatic carbocycles. The number of alkyl halides is 6. The summed E-state index contributed by atoms with van der Waals surface area (Å²) in [7, 11) is 0. The number of carbonyl (C=O) groups is 2. The normalized spacial score (nSPS) is 25.1. The highest BCUT2D eigenvalue weighted by atomic mass is 32.1. The van der Waals surface area contributed by atoms with Crippen molar-refractivity contribution in [3.63, 3.8) is 0 Å². The maximum Gasteiger partial charge on any atom is 0.425 e. The molecule has 4 unspecified atom stereocenters. The summed E-state index contributed by atoms with van der Waals surface area (Å²) in [6.45, 7) is 3.21. The van der Waals surface area contributed by atoms with Gasteiger partial charge >= 0.3 is 12.4 Å². The fourth-order valence-electron chi connectivity index (χ4n) is 8.45. The molecule has 2 saturated heterocycles. The summed E-state index contributed by atoms with van der Waals surface area (Å²) >= 11 is 0.357. The van der Waals surface area contributed by atoms with Gasteiger partial charge < -0.3 is 19.3 Å². The topological polar surface area (TPSA) is 139 Å². The fourth-order valence-corrected chi connectivity index (χ4v) is 9.13. The standard InChI is InChI=1S/C39H41F6N5O6S/c1-3-8-30-37(56-26-21-31(57-23-26)39(43,44)45,13-7-18-49(30)33(51)32-28(38(40,41)42)10-6-17-47-32)34(52)48-19-15-36(24-46,16-20-48)27-9-4-5-11-29(27)55-25-12-14-35(2,22-25)50(53)54/h4-6,9-11,17,21,23,25,30H,3,7-8,12-16,18-20,22H2,1-2H3. The average Bonchev–Trinajstić information content (AvgIpc) is 3.82. The van der Waals surface area contributed by atoms with Crippen molar-refractivity contribution in [2.45, 2.75) is 113 Å². The van der Waals surface area contributed by atoms with Crippen LogP contribution < -0.4 is 9.47 Å². The monoisotopic (exact) mass is 821 g/mol. The second-order valence-corrected chi connectivity index (χ2v) is 16.1. The molecule has 4 atom stereocenters. The number of likely N-dealkylation sites (tertiary alicyclic amines) is 2. The number of nitro groups is 1. The predicted octanol–water partition coefficient (Wildman–Crippen LogP) is 8.45. The largest absolute Gasteiger partial charge is 0.490 e. The van der Waals surface area contributed by atoms with Crippen LogP contribution in [0.1, 0.15) is 98.1 Å². The molecule has 4 heterocycles. The van der Waals surface area contributed by atoms with Crippen molar-refractivity contribution in [3.05, 3.63) is 85.9 Å². The van der Waals surface area contributed by atoms with Crippen molar-refractivity contribution in [3.8, 4) is 17.6 Å². The van der Waals surface area contributed by atoms with Crippen LogP contribution in [0.15, 0.2) is 54.0 Å². The molecule has 3 aromatic rings. The summed E-state index contributed by atoms with van der Waals surface area (Å²) < 4.78 is 96.1. The number of piperidine rings is 2. The van der Waals surface area contributed by atoms with Gasteiger partial charge in [-0.25, -0.2) is 0 Å². The third kappa shape index (κ3) is 8.12. The summed E-state index contributed by atoms with van der Waals surface area (Å²) in [5, 5.41) is 23.5. The minimum absolute atomic E-state index is 0.0165. The molecule has 0 N–H and O–H groups in total. The van der Waals surface area contributed by atoms with Crippen LogP contribution in [-0.4, -0.2) is 74.4 Å². The number of para-hydroxylation sites is 1. The zero-order valence-corrected chi connectivity index (χ0v) is 32.0. The quantitative estimate of drug-likeness (QED) is 0.113. The Morgan fingerprint density at radius 3 is 2.39 bits per heavy atom. The molecular weight excluding hydrogens is 781 g/mol. The average molecular weight is 822 g/mol. The number of amides is 2. The van der Waals surface area contributed by atoms with Gasteiger partial charge in [0.25, 0.3) is 11.8 Å². The zero-order valence-electron chi connectivity index (χ0n) is 31.2. The molecule has 3 aliphatic rings. The Labute approximate surface area is 328 Å². The van der Waals surface area contributed by atoms with E-state index in [4.69, 9.17) is 9.47 Å². The van der Waals surface area contributed by atoms with Crippen LogP contribution in [0.25, 0.3) is 0 Å². The number of rotatable bonds is 10. The second kappa shape index (κ2) is 15.8. The first kappa shape index (κ1) is 41.7. The Morgan fingerprint density at radius 2 is 1.77 bits per heavy atom. The number of hydrogen-bond donors (Lipinski definition) is 0. The van der Waals surface area contributed by atoms with Gasteiger partial charge in [-0.2, -0.15) is 31.6 Å². The third-order valence-corrected chi connectivity index (χ3v) is 12.4. The Morgan fingerprint density at radius 1 is 1.05 bits per heavy atom. The van der Waals surface area contributed by atoms with E-state index in [0.717, 1.165) is 34.7 Å². The van der Waals surface area contributed by atoms with E-state index in [1.807, 2.05) is 0 Å². The molecule has 0 spiro atoms. The molecule has 1 aliphatic carbocycles. The Hall–Kier alpha value is -4.92. The third-order valence-electron chi connectivity index (χ3n) is 11.4. The van der Waals surface area contributed by atoms with E-state index in [9.17, 15) is 46.5 Å². The lowest BCUT2D eigenvalue weighted by Gasteiger charge is -2.51. The van der Waals surface area contributed by atoms with Crippen LogP contribution in [0, 0.1) is 21.4 Å². The molecule has 3 fully saturated rings. The zero-order chi connectivity index (χ0) is 41.4. The van der Waals surface area contributed by atoms with Crippen molar-refractivity contribution >= 4 is 23.2 Å². The number of carbonyl (C=O) groups excluding carboxylic acids is 2. The van der Waals surface area contributed by atoms with Crippen LogP contribution in [0.3, 0.4) is 0 Å². The van der Waals surface area contributed by atoms with Gasteiger partial charge in [0.1, 0.15) is 28.2 Å². The Kier molecular flexibility index (Phi) is 11.6. The first-order valence-corrected chi connectivity index (χ1v) is 19.5. The second-order valence-electron chi connectivity index (χ2n) is 15.2. The molecule has 2 amide bonds. The molecule has 18 heteroatoms. The first-order valence-electron chi connectivity index (χ1n) is 18.7. The molecular formula is C39H41F6N5O6S. The number of ether oxygens (including phenoxy) is 2. The number of benzene rings is 1. The lowest BCUT2D eigenvalue weighted by atomic mass is 9.72. The van der Waals surface area contributed by atoms with Gasteiger partial charge in [-0.3, -0.25) is 24.7 Å². The van der Waals surface area contributed by atoms with E-state index in [-0.39, 0.29) is 68.8 Å². The number of pyridine rings is 1. The number of thiophene rings is 1. The smallest absolute Gasteiger partial charge is 0.425 e. The Balaban J connectivity index is 1.33. The SMILES string of the molecule is CCCC1N(C(=O)c2ncccc2C(F)(F)F)CCCC1(Oc1csc(C(F)(F)F)c1)C(=O)N1CCC(C#N)(c2ccccc2OC2CCC(C)([N+](=O)[O-])C2)CC1. The lowest BCUT2D eigenvalue weighted by molar-refractivity contribution is -0.564. The molecule has 11 nitrogen and oxygen atoms in total. The molecule has 0 bridgehead atoms. The molecule has 306 valence electrons. The van der Waals surface area contributed by atoms with Crippen LogP contribution in [-0.2, 0) is 22.6 Å². The maximum absolute atomic E-state index is 15.0. The van der Waals surface area contributed by atoms with Gasteiger partial charge in [-0.1, -0.05) is 31.5 Å². The molecule has 2 aliphatic heterocycles. The predicted molar refractivity (Wildman–Crippen MR) is 194 cm³/mol. The lowest BCUT2D eigenvalue weighted by Crippen LogP contribution is -2.68. The van der Waals surface area contributed by atoms with Crippen molar-refractivity contribution in [1.29, 1.82) is 5.26 Å². The number of nitrogens with zero attached hydrogens (tertiary/aromatic N) is 5. The minimum Gasteiger partial charge on any atom is -0.490 e. The van der Waals surface area contributed by atoms with E-state index < -0.39 is 69.0 Å². The molecule has 0 radical (unpaired) electrons. The number of halogens is 6. The summed E-state index contributed by atoms with van der Waals surface area (Å²) in [5.41, 5.74) is -5.91. The van der Waals surface area contributed by atoms with Crippen molar-refractivity contribution < 1.29 is 50.3 Å². The summed E-state index contributed by atoms with van der Waals surface area (Å²) in [4.78, 5) is 45.9. The minimum atomic E-state index is -4.93. The van der Waals surface area contributed by atoms with Crippen molar-refractivity contribution in [2.75, 3.05) is 19.6 Å². The van der Waals surface area contributed by atoms with Crippen molar-refractivity contribution in [1.82, 2.24) is 14.8 Å². The number of hydrogen-bond acceptors (Lipinski definition) is 9. The Bertz CT molecular complexity index is 2030. The van der Waals surface area contributed by atoms with Crippen LogP contribution in [0.4, 0.5) is 26.3 Å². The maximum atomic E-state index is 15.0. The molecule has 6 rings (SSSR count). The van der Waals surface area contributed by atoms with Crippen LogP contribution in [0.5, 0.6) is 11.5 Å². The van der Waals surface area contributed by atoms with E-state index in [2.05, 4.69) is 11.1 Å². The van der Waals surface area contributed by atoms with Crippen LogP contribution in [0.2, 0.25) is 0 Å². The van der Waals surface area contributed by atoms with Gasteiger partial charge in [0.2, 0.25) is 11.1 Å². The summed E-state index contributed by atoms with van der Waals surface area (Å²) in [6.07, 6.45) is -7.51. The molecule has 1 saturated carbocycles. The van der Waals surface area contributed by atoms with Crippen LogP contribution >= 0.6 is 11.3 Å². The number of nitriles is 1. The van der Waals surface area contributed by atoms with E-state index in [1.54, 1.807) is 38.1 Å².